The van der Waals surface area contributed by atoms with Crippen LogP contribution in [0.15, 0.2) is 30.3 Å². The van der Waals surface area contributed by atoms with Crippen molar-refractivity contribution in [2.24, 2.45) is 5.92 Å². The number of anilines is 1. The Kier molecular flexibility index (Phi) is 5.21. The highest BCUT2D eigenvalue weighted by molar-refractivity contribution is 7.88. The lowest BCUT2D eigenvalue weighted by molar-refractivity contribution is 0.270. The maximum Gasteiger partial charge on any atom is 0.211 e. The first-order valence-corrected chi connectivity index (χ1v) is 8.97. The van der Waals surface area contributed by atoms with Crippen molar-refractivity contribution in [3.63, 3.8) is 0 Å². The van der Waals surface area contributed by atoms with Crippen molar-refractivity contribution >= 4 is 15.7 Å². The van der Waals surface area contributed by atoms with Gasteiger partial charge in [0.05, 0.1) is 12.3 Å². The van der Waals surface area contributed by atoms with Gasteiger partial charge < -0.3 is 4.90 Å². The first-order chi connectivity index (χ1) is 10.0. The molecule has 0 bridgehead atoms. The Morgan fingerprint density at radius 3 is 2.71 bits per heavy atom. The normalized spacial score (nSPS) is 19.9. The predicted molar refractivity (Wildman–Crippen MR) is 83.4 cm³/mol. The molecule has 0 aromatic heterocycles. The summed E-state index contributed by atoms with van der Waals surface area (Å²) in [5, 5.41) is 9.01. The summed E-state index contributed by atoms with van der Waals surface area (Å²) in [5.74, 6) is 0.266. The van der Waals surface area contributed by atoms with Crippen molar-refractivity contribution in [2.75, 3.05) is 37.3 Å². The summed E-state index contributed by atoms with van der Waals surface area (Å²) < 4.78 is 24.9. The van der Waals surface area contributed by atoms with Crippen LogP contribution in [-0.4, -0.2) is 45.2 Å². The number of hydrogen-bond acceptors (Lipinski definition) is 4. The minimum Gasteiger partial charge on any atom is -0.358 e. The van der Waals surface area contributed by atoms with Gasteiger partial charge in [-0.05, 0) is 30.9 Å². The highest BCUT2D eigenvalue weighted by Crippen LogP contribution is 2.22. The van der Waals surface area contributed by atoms with E-state index in [1.165, 1.54) is 6.26 Å². The zero-order chi connectivity index (χ0) is 15.3. The molecule has 6 heteroatoms. The van der Waals surface area contributed by atoms with Crippen LogP contribution in [0.25, 0.3) is 0 Å². The van der Waals surface area contributed by atoms with E-state index in [1.54, 1.807) is 4.31 Å². The SMILES string of the molecule is CS(=O)(=O)N1CCC[C@H](CN(CC#N)c2ccccc2)C1. The molecule has 0 saturated carbocycles. The first kappa shape index (κ1) is 15.8. The van der Waals surface area contributed by atoms with Gasteiger partial charge in [0.25, 0.3) is 0 Å². The highest BCUT2D eigenvalue weighted by atomic mass is 32.2. The zero-order valence-electron chi connectivity index (χ0n) is 12.3. The number of hydrogen-bond donors (Lipinski definition) is 0. The van der Waals surface area contributed by atoms with Crippen molar-refractivity contribution in [1.82, 2.24) is 4.31 Å². The van der Waals surface area contributed by atoms with Gasteiger partial charge in [0, 0.05) is 25.3 Å². The number of para-hydroxylation sites is 1. The second-order valence-corrected chi connectivity index (χ2v) is 7.49. The largest absolute Gasteiger partial charge is 0.358 e. The molecule has 21 heavy (non-hydrogen) atoms. The zero-order valence-corrected chi connectivity index (χ0v) is 13.1. The van der Waals surface area contributed by atoms with Crippen LogP contribution < -0.4 is 4.90 Å². The van der Waals surface area contributed by atoms with E-state index >= 15 is 0 Å². The summed E-state index contributed by atoms with van der Waals surface area (Å²) in [6, 6.07) is 12.0. The van der Waals surface area contributed by atoms with Gasteiger partial charge in [-0.25, -0.2) is 12.7 Å². The molecule has 0 spiro atoms. The maximum absolute atomic E-state index is 11.7. The fourth-order valence-corrected chi connectivity index (χ4v) is 3.72. The molecule has 0 radical (unpaired) electrons. The Balaban J connectivity index is 2.06. The van der Waals surface area contributed by atoms with Crippen LogP contribution in [-0.2, 0) is 10.0 Å². The third kappa shape index (κ3) is 4.45. The monoisotopic (exact) mass is 307 g/mol. The van der Waals surface area contributed by atoms with Crippen LogP contribution in [0.1, 0.15) is 12.8 Å². The fourth-order valence-electron chi connectivity index (χ4n) is 2.77. The molecule has 1 aliphatic heterocycles. The lowest BCUT2D eigenvalue weighted by atomic mass is 9.99. The molecular formula is C15H21N3O2S. The number of rotatable bonds is 5. The number of sulfonamides is 1. The summed E-state index contributed by atoms with van der Waals surface area (Å²) in [5.41, 5.74) is 1.01. The Morgan fingerprint density at radius 2 is 2.10 bits per heavy atom. The van der Waals surface area contributed by atoms with Crippen LogP contribution in [0.4, 0.5) is 5.69 Å². The van der Waals surface area contributed by atoms with Gasteiger partial charge in [0.1, 0.15) is 6.54 Å². The highest BCUT2D eigenvalue weighted by Gasteiger charge is 2.27. The van der Waals surface area contributed by atoms with E-state index in [0.717, 1.165) is 18.5 Å². The van der Waals surface area contributed by atoms with Crippen LogP contribution in [0, 0.1) is 17.2 Å². The predicted octanol–water partition coefficient (Wildman–Crippen LogP) is 1.69. The summed E-state index contributed by atoms with van der Waals surface area (Å²) in [4.78, 5) is 2.02. The molecule has 1 fully saturated rings. The van der Waals surface area contributed by atoms with E-state index in [2.05, 4.69) is 6.07 Å². The van der Waals surface area contributed by atoms with E-state index in [9.17, 15) is 8.42 Å². The third-order valence-electron chi connectivity index (χ3n) is 3.81. The number of benzene rings is 1. The number of nitrogens with zero attached hydrogens (tertiary/aromatic N) is 3. The lowest BCUT2D eigenvalue weighted by Crippen LogP contribution is -2.43. The molecule has 1 saturated heterocycles. The number of nitriles is 1. The molecule has 1 aromatic rings. The number of piperidine rings is 1. The summed E-state index contributed by atoms with van der Waals surface area (Å²) >= 11 is 0. The lowest BCUT2D eigenvalue weighted by Gasteiger charge is -2.34. The Morgan fingerprint density at radius 1 is 1.38 bits per heavy atom. The van der Waals surface area contributed by atoms with Crippen LogP contribution >= 0.6 is 0 Å². The fraction of sp³-hybridized carbons (Fsp3) is 0.533. The third-order valence-corrected chi connectivity index (χ3v) is 5.08. The molecule has 2 rings (SSSR count). The van der Waals surface area contributed by atoms with Gasteiger partial charge in [-0.3, -0.25) is 0 Å². The molecule has 114 valence electrons. The molecule has 1 aromatic carbocycles. The van der Waals surface area contributed by atoms with Gasteiger partial charge in [-0.2, -0.15) is 5.26 Å². The quantitative estimate of drug-likeness (QED) is 0.777. The summed E-state index contributed by atoms with van der Waals surface area (Å²) in [6.07, 6.45) is 3.15. The summed E-state index contributed by atoms with van der Waals surface area (Å²) in [7, 11) is -3.12. The Hall–Kier alpha value is -1.58. The topological polar surface area (TPSA) is 64.4 Å². The first-order valence-electron chi connectivity index (χ1n) is 7.13. The molecule has 1 aliphatic rings. The van der Waals surface area contributed by atoms with E-state index in [0.29, 0.717) is 26.2 Å². The molecule has 1 heterocycles. The van der Waals surface area contributed by atoms with Gasteiger partial charge in [-0.1, -0.05) is 18.2 Å². The van der Waals surface area contributed by atoms with Crippen LogP contribution in [0.3, 0.4) is 0 Å². The minimum atomic E-state index is -3.12. The Labute approximate surface area is 126 Å². The van der Waals surface area contributed by atoms with Gasteiger partial charge in [0.15, 0.2) is 0 Å². The summed E-state index contributed by atoms with van der Waals surface area (Å²) in [6.45, 7) is 2.19. The van der Waals surface area contributed by atoms with Crippen LogP contribution in [0.2, 0.25) is 0 Å². The van der Waals surface area contributed by atoms with E-state index in [4.69, 9.17) is 5.26 Å². The molecule has 0 unspecified atom stereocenters. The van der Waals surface area contributed by atoms with Crippen molar-refractivity contribution in [3.05, 3.63) is 30.3 Å². The second kappa shape index (κ2) is 6.92. The van der Waals surface area contributed by atoms with Crippen LogP contribution in [0.5, 0.6) is 0 Å². The van der Waals surface area contributed by atoms with E-state index in [-0.39, 0.29) is 5.92 Å². The second-order valence-electron chi connectivity index (χ2n) is 5.50. The maximum atomic E-state index is 11.7. The van der Waals surface area contributed by atoms with Gasteiger partial charge >= 0.3 is 0 Å². The van der Waals surface area contributed by atoms with Crippen molar-refractivity contribution < 1.29 is 8.42 Å². The molecule has 0 N–H and O–H groups in total. The van der Waals surface area contributed by atoms with Crippen molar-refractivity contribution in [2.45, 2.75) is 12.8 Å². The Bertz CT molecular complexity index is 595. The van der Waals surface area contributed by atoms with E-state index < -0.39 is 10.0 Å². The van der Waals surface area contributed by atoms with Gasteiger partial charge in [-0.15, -0.1) is 0 Å². The minimum absolute atomic E-state index is 0.266. The molecule has 5 nitrogen and oxygen atoms in total. The smallest absolute Gasteiger partial charge is 0.211 e. The van der Waals surface area contributed by atoms with E-state index in [1.807, 2.05) is 35.2 Å². The van der Waals surface area contributed by atoms with Gasteiger partial charge in [0.2, 0.25) is 10.0 Å². The average molecular weight is 307 g/mol. The molecule has 1 atom stereocenters. The molecular weight excluding hydrogens is 286 g/mol. The van der Waals surface area contributed by atoms with Crippen molar-refractivity contribution in [1.29, 1.82) is 5.26 Å². The molecule has 0 amide bonds. The molecule has 0 aliphatic carbocycles. The van der Waals surface area contributed by atoms with Crippen molar-refractivity contribution in [3.8, 4) is 6.07 Å². The standard InChI is InChI=1S/C15H21N3O2S/c1-21(19,20)18-10-5-6-14(13-18)12-17(11-9-16)15-7-3-2-4-8-15/h2-4,7-8,14H,5-6,10-13H2,1H3/t14-/m1/s1. The average Bonchev–Trinajstić information content (AvgIpc) is 2.47.